The summed E-state index contributed by atoms with van der Waals surface area (Å²) in [5.41, 5.74) is 4.56. The minimum absolute atomic E-state index is 0.0191. The SMILES string of the molecule is Cc1ccc2c(c1)N(Cc1cccc(C(=O)N3CCN(Cc4ccc5c(c4)OCO5)CC3)c1)C(=O)CO2. The molecule has 1 saturated heterocycles. The normalized spacial score (nSPS) is 16.9. The molecular formula is C29H29N3O5. The number of fused-ring (bicyclic) bond motifs is 2. The van der Waals surface area contributed by atoms with Gasteiger partial charge in [0.25, 0.3) is 11.8 Å². The highest BCUT2D eigenvalue weighted by atomic mass is 16.7. The zero-order chi connectivity index (χ0) is 25.4. The van der Waals surface area contributed by atoms with E-state index in [1.165, 1.54) is 5.56 Å². The summed E-state index contributed by atoms with van der Waals surface area (Å²) in [6.45, 7) is 6.43. The van der Waals surface area contributed by atoms with E-state index in [1.54, 1.807) is 4.90 Å². The van der Waals surface area contributed by atoms with E-state index in [2.05, 4.69) is 11.0 Å². The van der Waals surface area contributed by atoms with Gasteiger partial charge in [0.2, 0.25) is 6.79 Å². The maximum atomic E-state index is 13.3. The van der Waals surface area contributed by atoms with E-state index in [4.69, 9.17) is 14.2 Å². The lowest BCUT2D eigenvalue weighted by atomic mass is 10.1. The Morgan fingerprint density at radius 1 is 0.811 bits per heavy atom. The number of ether oxygens (including phenoxy) is 3. The largest absolute Gasteiger partial charge is 0.482 e. The average Bonchev–Trinajstić information content (AvgIpc) is 3.39. The molecular weight excluding hydrogens is 470 g/mol. The monoisotopic (exact) mass is 499 g/mol. The third-order valence-electron chi connectivity index (χ3n) is 7.07. The first-order chi connectivity index (χ1) is 18.0. The van der Waals surface area contributed by atoms with Gasteiger partial charge in [-0.25, -0.2) is 0 Å². The van der Waals surface area contributed by atoms with Crippen LogP contribution >= 0.6 is 0 Å². The van der Waals surface area contributed by atoms with Crippen molar-refractivity contribution < 1.29 is 23.8 Å². The maximum Gasteiger partial charge on any atom is 0.265 e. The second-order valence-electron chi connectivity index (χ2n) is 9.70. The molecule has 0 atom stereocenters. The average molecular weight is 500 g/mol. The van der Waals surface area contributed by atoms with E-state index in [1.807, 2.05) is 66.4 Å². The first-order valence-corrected chi connectivity index (χ1v) is 12.6. The van der Waals surface area contributed by atoms with E-state index in [0.29, 0.717) is 30.9 Å². The molecule has 3 aromatic rings. The van der Waals surface area contributed by atoms with Crippen LogP contribution in [0.25, 0.3) is 0 Å². The topological polar surface area (TPSA) is 71.6 Å². The van der Waals surface area contributed by atoms with Crippen LogP contribution in [0.1, 0.15) is 27.0 Å². The van der Waals surface area contributed by atoms with Gasteiger partial charge in [0, 0.05) is 38.3 Å². The molecule has 8 heteroatoms. The van der Waals surface area contributed by atoms with Crippen LogP contribution in [-0.4, -0.2) is 61.2 Å². The molecule has 8 nitrogen and oxygen atoms in total. The number of nitrogens with zero attached hydrogens (tertiary/aromatic N) is 3. The molecule has 0 aliphatic carbocycles. The van der Waals surface area contributed by atoms with Crippen LogP contribution in [0.2, 0.25) is 0 Å². The molecule has 3 aromatic carbocycles. The molecule has 3 aliphatic heterocycles. The Morgan fingerprint density at radius 3 is 2.46 bits per heavy atom. The zero-order valence-corrected chi connectivity index (χ0v) is 20.8. The van der Waals surface area contributed by atoms with Gasteiger partial charge in [0.1, 0.15) is 5.75 Å². The van der Waals surface area contributed by atoms with Crippen LogP contribution in [-0.2, 0) is 17.9 Å². The zero-order valence-electron chi connectivity index (χ0n) is 20.8. The number of carbonyl (C=O) groups excluding carboxylic acids is 2. The van der Waals surface area contributed by atoms with Crippen molar-refractivity contribution >= 4 is 17.5 Å². The number of hydrogen-bond acceptors (Lipinski definition) is 6. The fourth-order valence-corrected chi connectivity index (χ4v) is 5.06. The van der Waals surface area contributed by atoms with Crippen molar-refractivity contribution in [1.29, 1.82) is 0 Å². The third-order valence-corrected chi connectivity index (χ3v) is 7.07. The molecule has 37 heavy (non-hydrogen) atoms. The maximum absolute atomic E-state index is 13.3. The van der Waals surface area contributed by atoms with Gasteiger partial charge >= 0.3 is 0 Å². The second kappa shape index (κ2) is 9.78. The van der Waals surface area contributed by atoms with Crippen molar-refractivity contribution in [1.82, 2.24) is 9.80 Å². The van der Waals surface area contributed by atoms with Crippen molar-refractivity contribution in [3.8, 4) is 17.2 Å². The predicted octanol–water partition coefficient (Wildman–Crippen LogP) is 3.61. The van der Waals surface area contributed by atoms with Gasteiger partial charge in [0.15, 0.2) is 18.1 Å². The van der Waals surface area contributed by atoms with Crippen molar-refractivity contribution in [2.75, 3.05) is 44.5 Å². The van der Waals surface area contributed by atoms with Gasteiger partial charge < -0.3 is 24.0 Å². The van der Waals surface area contributed by atoms with Gasteiger partial charge in [-0.1, -0.05) is 24.3 Å². The minimum atomic E-state index is -0.0894. The molecule has 1 fully saturated rings. The molecule has 3 aliphatic rings. The van der Waals surface area contributed by atoms with Crippen LogP contribution in [0.3, 0.4) is 0 Å². The van der Waals surface area contributed by atoms with Crippen LogP contribution in [0, 0.1) is 6.92 Å². The number of rotatable bonds is 5. The first kappa shape index (κ1) is 23.4. The highest BCUT2D eigenvalue weighted by molar-refractivity contribution is 5.98. The lowest BCUT2D eigenvalue weighted by Crippen LogP contribution is -2.48. The second-order valence-corrected chi connectivity index (χ2v) is 9.70. The first-order valence-electron chi connectivity index (χ1n) is 12.6. The summed E-state index contributed by atoms with van der Waals surface area (Å²) >= 11 is 0. The Labute approximate surface area is 215 Å². The lowest BCUT2D eigenvalue weighted by Gasteiger charge is -2.35. The molecule has 190 valence electrons. The van der Waals surface area contributed by atoms with Crippen molar-refractivity contribution in [3.63, 3.8) is 0 Å². The molecule has 2 amide bonds. The molecule has 0 N–H and O–H groups in total. The summed E-state index contributed by atoms with van der Waals surface area (Å²) in [5.74, 6) is 2.22. The number of aryl methyl sites for hydroxylation is 1. The van der Waals surface area contributed by atoms with Crippen LogP contribution in [0.5, 0.6) is 17.2 Å². The molecule has 0 unspecified atom stereocenters. The third kappa shape index (κ3) is 4.84. The fourth-order valence-electron chi connectivity index (χ4n) is 5.06. The van der Waals surface area contributed by atoms with Gasteiger partial charge in [-0.15, -0.1) is 0 Å². The highest BCUT2D eigenvalue weighted by Crippen LogP contribution is 2.34. The number of piperazine rings is 1. The molecule has 0 saturated carbocycles. The molecule has 0 spiro atoms. The van der Waals surface area contributed by atoms with E-state index in [9.17, 15) is 9.59 Å². The van der Waals surface area contributed by atoms with Crippen LogP contribution in [0.4, 0.5) is 5.69 Å². The summed E-state index contributed by atoms with van der Waals surface area (Å²) in [4.78, 5) is 32.0. The van der Waals surface area contributed by atoms with E-state index >= 15 is 0 Å². The quantitative estimate of drug-likeness (QED) is 0.534. The molecule has 0 radical (unpaired) electrons. The van der Waals surface area contributed by atoms with Crippen molar-refractivity contribution in [2.45, 2.75) is 20.0 Å². The van der Waals surface area contributed by atoms with Crippen LogP contribution in [0.15, 0.2) is 60.7 Å². The summed E-state index contributed by atoms with van der Waals surface area (Å²) < 4.78 is 16.5. The van der Waals surface area contributed by atoms with Gasteiger partial charge in [-0.2, -0.15) is 0 Å². The standard InChI is InChI=1S/C29H29N3O5/c1-20-5-7-25-24(13-20)32(28(33)18-35-25)17-21-3-2-4-23(14-21)29(34)31-11-9-30(10-12-31)16-22-6-8-26-27(15-22)37-19-36-26/h2-8,13-15H,9-12,16-19H2,1H3. The Balaban J connectivity index is 1.09. The molecule has 0 bridgehead atoms. The molecule has 6 rings (SSSR count). The number of carbonyl (C=O) groups is 2. The van der Waals surface area contributed by atoms with Crippen molar-refractivity contribution in [3.05, 3.63) is 82.9 Å². The summed E-state index contributed by atoms with van der Waals surface area (Å²) in [6, 6.07) is 19.5. The van der Waals surface area contributed by atoms with Gasteiger partial charge in [0.05, 0.1) is 12.2 Å². The van der Waals surface area contributed by atoms with Gasteiger partial charge in [-0.05, 0) is 60.0 Å². The Morgan fingerprint density at radius 2 is 1.59 bits per heavy atom. The van der Waals surface area contributed by atoms with E-state index in [-0.39, 0.29) is 25.2 Å². The van der Waals surface area contributed by atoms with E-state index < -0.39 is 0 Å². The van der Waals surface area contributed by atoms with Crippen molar-refractivity contribution in [2.24, 2.45) is 0 Å². The van der Waals surface area contributed by atoms with E-state index in [0.717, 1.165) is 47.9 Å². The fraction of sp³-hybridized carbons (Fsp3) is 0.310. The Hall–Kier alpha value is -4.04. The number of anilines is 1. The number of hydrogen-bond donors (Lipinski definition) is 0. The summed E-state index contributed by atoms with van der Waals surface area (Å²) in [5, 5.41) is 0. The number of amides is 2. The Kier molecular flexibility index (Phi) is 6.18. The highest BCUT2D eigenvalue weighted by Gasteiger charge is 2.27. The smallest absolute Gasteiger partial charge is 0.265 e. The summed E-state index contributed by atoms with van der Waals surface area (Å²) in [7, 11) is 0. The Bertz CT molecular complexity index is 1350. The minimum Gasteiger partial charge on any atom is -0.482 e. The summed E-state index contributed by atoms with van der Waals surface area (Å²) in [6.07, 6.45) is 0. The van der Waals surface area contributed by atoms with Crippen LogP contribution < -0.4 is 19.1 Å². The molecule has 3 heterocycles. The predicted molar refractivity (Wildman–Crippen MR) is 138 cm³/mol. The molecule has 0 aromatic heterocycles. The lowest BCUT2D eigenvalue weighted by molar-refractivity contribution is -0.121. The van der Waals surface area contributed by atoms with Gasteiger partial charge in [-0.3, -0.25) is 14.5 Å². The number of benzene rings is 3.